The van der Waals surface area contributed by atoms with E-state index in [2.05, 4.69) is 17.4 Å². The summed E-state index contributed by atoms with van der Waals surface area (Å²) in [6, 6.07) is 15.5. The average Bonchev–Trinajstić information content (AvgIpc) is 3.16. The highest BCUT2D eigenvalue weighted by Gasteiger charge is 2.30. The third-order valence-electron chi connectivity index (χ3n) is 5.53. The summed E-state index contributed by atoms with van der Waals surface area (Å²) < 4.78 is 5.02. The number of thiophene rings is 1. The van der Waals surface area contributed by atoms with Gasteiger partial charge >= 0.3 is 5.97 Å². The zero-order valence-electron chi connectivity index (χ0n) is 17.4. The van der Waals surface area contributed by atoms with Crippen LogP contribution in [0.1, 0.15) is 44.3 Å². The van der Waals surface area contributed by atoms with Crippen molar-refractivity contribution in [2.45, 2.75) is 25.2 Å². The monoisotopic (exact) mass is 485 g/mol. The lowest BCUT2D eigenvalue weighted by Crippen LogP contribution is -2.15. The number of esters is 1. The molecule has 0 unspecified atom stereocenters. The Bertz CT molecular complexity index is 1190. The molecule has 0 aliphatic heterocycles. The molecule has 0 saturated heterocycles. The molecule has 4 nitrogen and oxygen atoms in total. The summed E-state index contributed by atoms with van der Waals surface area (Å²) in [4.78, 5) is 26.3. The Kier molecular flexibility index (Phi) is 6.99. The first kappa shape index (κ1) is 22.6. The van der Waals surface area contributed by atoms with Crippen molar-refractivity contribution in [3.63, 3.8) is 0 Å². The predicted octanol–water partition coefficient (Wildman–Crippen LogP) is 6.77. The van der Waals surface area contributed by atoms with Crippen LogP contribution in [0, 0.1) is 0 Å². The third kappa shape index (κ3) is 4.90. The van der Waals surface area contributed by atoms with E-state index in [0.717, 1.165) is 35.3 Å². The molecule has 7 heteroatoms. The first-order valence-electron chi connectivity index (χ1n) is 10.2. The van der Waals surface area contributed by atoms with Gasteiger partial charge < -0.3 is 10.1 Å². The summed E-state index contributed by atoms with van der Waals surface area (Å²) in [6.07, 6.45) is 5.61. The molecule has 4 rings (SSSR count). The van der Waals surface area contributed by atoms with E-state index >= 15 is 0 Å². The topological polar surface area (TPSA) is 55.4 Å². The lowest BCUT2D eigenvalue weighted by Gasteiger charge is -2.22. The van der Waals surface area contributed by atoms with Crippen molar-refractivity contribution >= 4 is 57.5 Å². The zero-order valence-corrected chi connectivity index (χ0v) is 19.7. The first-order chi connectivity index (χ1) is 15.5. The molecular formula is C25H21Cl2NO3S. The SMILES string of the molecule is COC(=O)c1c(NC(=O)/C=C/c2ccc(Cl)c(Cl)c2)sc2c1CC[C@H](c1ccccc1)C2. The normalized spacial score (nSPS) is 15.4. The van der Waals surface area contributed by atoms with Crippen LogP contribution in [0.2, 0.25) is 10.0 Å². The second-order valence-corrected chi connectivity index (χ2v) is 9.47. The molecular weight excluding hydrogens is 465 g/mol. The number of carbonyl (C=O) groups is 2. The third-order valence-corrected chi connectivity index (χ3v) is 7.44. The number of fused-ring (bicyclic) bond motifs is 1. The Morgan fingerprint density at radius 3 is 2.62 bits per heavy atom. The Hall–Kier alpha value is -2.60. The van der Waals surface area contributed by atoms with Gasteiger partial charge in [0.25, 0.3) is 0 Å². The molecule has 3 aromatic rings. The molecule has 1 N–H and O–H groups in total. The summed E-state index contributed by atoms with van der Waals surface area (Å²) in [5.41, 5.74) is 3.49. The van der Waals surface area contributed by atoms with E-state index in [0.29, 0.717) is 26.5 Å². The highest BCUT2D eigenvalue weighted by molar-refractivity contribution is 7.17. The highest BCUT2D eigenvalue weighted by Crippen LogP contribution is 2.42. The van der Waals surface area contributed by atoms with Crippen LogP contribution in [0.15, 0.2) is 54.6 Å². The summed E-state index contributed by atoms with van der Waals surface area (Å²) in [5, 5.41) is 4.26. The van der Waals surface area contributed by atoms with Gasteiger partial charge in [-0.2, -0.15) is 0 Å². The molecule has 1 atom stereocenters. The van der Waals surface area contributed by atoms with Crippen LogP contribution in [-0.4, -0.2) is 19.0 Å². The number of methoxy groups -OCH3 is 1. The van der Waals surface area contributed by atoms with Crippen molar-refractivity contribution < 1.29 is 14.3 Å². The van der Waals surface area contributed by atoms with E-state index in [1.165, 1.54) is 30.1 Å². The summed E-state index contributed by atoms with van der Waals surface area (Å²) in [7, 11) is 1.36. The molecule has 32 heavy (non-hydrogen) atoms. The number of carbonyl (C=O) groups excluding carboxylic acids is 2. The largest absolute Gasteiger partial charge is 0.465 e. The number of nitrogens with one attached hydrogen (secondary N) is 1. The van der Waals surface area contributed by atoms with Crippen LogP contribution >= 0.6 is 34.5 Å². The van der Waals surface area contributed by atoms with Crippen LogP contribution in [0.4, 0.5) is 5.00 Å². The number of halogens is 2. The van der Waals surface area contributed by atoms with E-state index in [4.69, 9.17) is 27.9 Å². The van der Waals surface area contributed by atoms with Gasteiger partial charge in [0.1, 0.15) is 5.00 Å². The number of ether oxygens (including phenoxy) is 1. The van der Waals surface area contributed by atoms with Crippen molar-refractivity contribution in [3.8, 4) is 0 Å². The maximum Gasteiger partial charge on any atom is 0.341 e. The van der Waals surface area contributed by atoms with Crippen LogP contribution in [0.25, 0.3) is 6.08 Å². The van der Waals surface area contributed by atoms with E-state index in [-0.39, 0.29) is 5.91 Å². The molecule has 0 bridgehead atoms. The molecule has 1 aliphatic rings. The van der Waals surface area contributed by atoms with Gasteiger partial charge in [-0.3, -0.25) is 4.79 Å². The molecule has 164 valence electrons. The molecule has 2 aromatic carbocycles. The second-order valence-electron chi connectivity index (χ2n) is 7.55. The minimum absolute atomic E-state index is 0.334. The summed E-state index contributed by atoms with van der Waals surface area (Å²) in [5.74, 6) is -0.366. The number of amides is 1. The van der Waals surface area contributed by atoms with Crippen molar-refractivity contribution in [2.24, 2.45) is 0 Å². The number of anilines is 1. The van der Waals surface area contributed by atoms with Gasteiger partial charge in [-0.1, -0.05) is 59.6 Å². The second kappa shape index (κ2) is 9.90. The quantitative estimate of drug-likeness (QED) is 0.320. The van der Waals surface area contributed by atoms with Crippen LogP contribution in [0.5, 0.6) is 0 Å². The molecule has 1 aliphatic carbocycles. The standard InChI is InChI=1S/C25H21Cl2NO3S/c1-31-25(30)23-18-10-9-17(16-5-3-2-4-6-16)14-21(18)32-24(23)28-22(29)12-8-15-7-11-19(26)20(27)13-15/h2-8,11-13,17H,9-10,14H2,1H3,(H,28,29)/b12-8+/t17-/m0/s1. The van der Waals surface area contributed by atoms with Gasteiger partial charge in [-0.25, -0.2) is 4.79 Å². The minimum Gasteiger partial charge on any atom is -0.465 e. The molecule has 1 aromatic heterocycles. The number of hydrogen-bond donors (Lipinski definition) is 1. The smallest absolute Gasteiger partial charge is 0.341 e. The summed E-state index contributed by atoms with van der Waals surface area (Å²) >= 11 is 13.4. The first-order valence-corrected chi connectivity index (χ1v) is 11.8. The van der Waals surface area contributed by atoms with Gasteiger partial charge in [0.05, 0.1) is 22.7 Å². The predicted molar refractivity (Wildman–Crippen MR) is 131 cm³/mol. The zero-order chi connectivity index (χ0) is 22.7. The fraction of sp³-hybridized carbons (Fsp3) is 0.200. The maximum absolute atomic E-state index is 12.6. The number of rotatable bonds is 5. The minimum atomic E-state index is -0.426. The van der Waals surface area contributed by atoms with Gasteiger partial charge in [0, 0.05) is 11.0 Å². The fourth-order valence-electron chi connectivity index (χ4n) is 3.94. The Morgan fingerprint density at radius 2 is 1.91 bits per heavy atom. The van der Waals surface area contributed by atoms with Gasteiger partial charge in [0.2, 0.25) is 5.91 Å². The van der Waals surface area contributed by atoms with Crippen LogP contribution < -0.4 is 5.32 Å². The van der Waals surface area contributed by atoms with E-state index < -0.39 is 5.97 Å². The van der Waals surface area contributed by atoms with E-state index in [9.17, 15) is 9.59 Å². The molecule has 0 spiro atoms. The van der Waals surface area contributed by atoms with Crippen molar-refractivity contribution in [3.05, 3.63) is 91.8 Å². The van der Waals surface area contributed by atoms with Crippen molar-refractivity contribution in [1.82, 2.24) is 0 Å². The Morgan fingerprint density at radius 1 is 1.12 bits per heavy atom. The molecule has 0 saturated carbocycles. The van der Waals surface area contributed by atoms with Crippen LogP contribution in [0.3, 0.4) is 0 Å². The molecule has 0 radical (unpaired) electrons. The van der Waals surface area contributed by atoms with E-state index in [1.807, 2.05) is 18.2 Å². The fourth-order valence-corrected chi connectivity index (χ4v) is 5.57. The maximum atomic E-state index is 12.6. The highest BCUT2D eigenvalue weighted by atomic mass is 35.5. The lowest BCUT2D eigenvalue weighted by molar-refractivity contribution is -0.111. The van der Waals surface area contributed by atoms with Crippen molar-refractivity contribution in [2.75, 3.05) is 12.4 Å². The van der Waals surface area contributed by atoms with Gasteiger partial charge in [-0.05, 0) is 60.1 Å². The lowest BCUT2D eigenvalue weighted by atomic mass is 9.83. The van der Waals surface area contributed by atoms with Gasteiger partial charge in [-0.15, -0.1) is 11.3 Å². The average molecular weight is 486 g/mol. The molecule has 1 amide bonds. The Labute approximate surface area is 200 Å². The van der Waals surface area contributed by atoms with Gasteiger partial charge in [0.15, 0.2) is 0 Å². The molecule has 0 fully saturated rings. The Balaban J connectivity index is 1.56. The number of hydrogen-bond acceptors (Lipinski definition) is 4. The van der Waals surface area contributed by atoms with Crippen LogP contribution in [-0.2, 0) is 22.4 Å². The number of benzene rings is 2. The van der Waals surface area contributed by atoms with E-state index in [1.54, 1.807) is 24.3 Å². The summed E-state index contributed by atoms with van der Waals surface area (Å²) in [6.45, 7) is 0. The van der Waals surface area contributed by atoms with Crippen molar-refractivity contribution in [1.29, 1.82) is 0 Å². The molecule has 1 heterocycles.